The zero-order chi connectivity index (χ0) is 20.0. The largest absolute Gasteiger partial charge is 0.493 e. The van der Waals surface area contributed by atoms with Gasteiger partial charge in [-0.05, 0) is 44.0 Å². The van der Waals surface area contributed by atoms with Crippen LogP contribution in [-0.2, 0) is 16.0 Å². The lowest BCUT2D eigenvalue weighted by Gasteiger charge is -2.23. The highest BCUT2D eigenvalue weighted by molar-refractivity contribution is 6.14. The second-order valence-electron chi connectivity index (χ2n) is 6.61. The van der Waals surface area contributed by atoms with Gasteiger partial charge >= 0.3 is 0 Å². The second-order valence-corrected chi connectivity index (χ2v) is 6.61. The number of hydrogen-bond donors (Lipinski definition) is 2. The Morgan fingerprint density at radius 3 is 2.19 bits per heavy atom. The average molecular weight is 370 g/mol. The van der Waals surface area contributed by atoms with Crippen molar-refractivity contribution in [3.63, 3.8) is 0 Å². The van der Waals surface area contributed by atoms with Crippen molar-refractivity contribution in [1.82, 2.24) is 0 Å². The van der Waals surface area contributed by atoms with E-state index in [0.29, 0.717) is 17.2 Å². The highest BCUT2D eigenvalue weighted by Crippen LogP contribution is 2.31. The highest BCUT2D eigenvalue weighted by Gasteiger charge is 2.36. The first-order valence-electron chi connectivity index (χ1n) is 8.76. The molecule has 0 aromatic heterocycles. The molecule has 0 fully saturated rings. The molecule has 2 N–H and O–H groups in total. The first-order valence-corrected chi connectivity index (χ1v) is 8.76. The van der Waals surface area contributed by atoms with Crippen LogP contribution in [0, 0.1) is 5.41 Å². The van der Waals surface area contributed by atoms with Crippen molar-refractivity contribution >= 4 is 23.2 Å². The lowest BCUT2D eigenvalue weighted by atomic mass is 9.90. The van der Waals surface area contributed by atoms with E-state index in [1.165, 1.54) is 14.2 Å². The monoisotopic (exact) mass is 370 g/mol. The molecule has 2 aromatic carbocycles. The molecule has 0 radical (unpaired) electrons. The quantitative estimate of drug-likeness (QED) is 0.726. The number of aryl methyl sites for hydroxylation is 1. The number of carbonyl (C=O) groups excluding carboxylic acids is 2. The molecule has 144 valence electrons. The van der Waals surface area contributed by atoms with E-state index in [1.807, 2.05) is 31.2 Å². The van der Waals surface area contributed by atoms with Crippen molar-refractivity contribution in [2.45, 2.75) is 27.2 Å². The zero-order valence-electron chi connectivity index (χ0n) is 16.4. The van der Waals surface area contributed by atoms with Gasteiger partial charge in [0.25, 0.3) is 0 Å². The first-order chi connectivity index (χ1) is 12.8. The molecule has 0 aliphatic carbocycles. The number of ether oxygens (including phenoxy) is 2. The van der Waals surface area contributed by atoms with Crippen molar-refractivity contribution < 1.29 is 19.1 Å². The summed E-state index contributed by atoms with van der Waals surface area (Å²) in [5.74, 6) is 0.265. The Morgan fingerprint density at radius 2 is 1.56 bits per heavy atom. The summed E-state index contributed by atoms with van der Waals surface area (Å²) >= 11 is 0. The molecule has 0 aliphatic rings. The summed E-state index contributed by atoms with van der Waals surface area (Å²) < 4.78 is 10.4. The minimum atomic E-state index is -1.27. The van der Waals surface area contributed by atoms with E-state index in [4.69, 9.17) is 9.47 Å². The minimum absolute atomic E-state index is 0.374. The number of methoxy groups -OCH3 is 2. The fourth-order valence-electron chi connectivity index (χ4n) is 2.53. The molecule has 0 unspecified atom stereocenters. The maximum atomic E-state index is 12.7. The molecule has 0 heterocycles. The van der Waals surface area contributed by atoms with Crippen LogP contribution in [0.4, 0.5) is 11.4 Å². The number of hydrogen-bond acceptors (Lipinski definition) is 4. The fraction of sp³-hybridized carbons (Fsp3) is 0.333. The van der Waals surface area contributed by atoms with Gasteiger partial charge in [0, 0.05) is 17.4 Å². The molecule has 6 nitrogen and oxygen atoms in total. The van der Waals surface area contributed by atoms with E-state index in [-0.39, 0.29) is 5.91 Å². The Labute approximate surface area is 159 Å². The zero-order valence-corrected chi connectivity index (χ0v) is 16.4. The maximum Gasteiger partial charge on any atom is 0.239 e. The normalized spacial score (nSPS) is 10.9. The Morgan fingerprint density at radius 1 is 0.926 bits per heavy atom. The van der Waals surface area contributed by atoms with Crippen LogP contribution in [0.3, 0.4) is 0 Å². The number of amides is 2. The number of benzene rings is 2. The lowest BCUT2D eigenvalue weighted by molar-refractivity contribution is -0.135. The SMILES string of the molecule is CCc1ccccc1NC(=O)C(C)(C)C(=O)Nc1ccc(OC)c(OC)c1. The molecular formula is C21H26N2O4. The van der Waals surface area contributed by atoms with Gasteiger partial charge in [-0.3, -0.25) is 9.59 Å². The van der Waals surface area contributed by atoms with E-state index in [2.05, 4.69) is 10.6 Å². The van der Waals surface area contributed by atoms with Crippen molar-refractivity contribution in [3.05, 3.63) is 48.0 Å². The second kappa shape index (κ2) is 8.58. The summed E-state index contributed by atoms with van der Waals surface area (Å²) in [6.07, 6.45) is 0.786. The molecule has 2 aromatic rings. The Balaban J connectivity index is 2.15. The van der Waals surface area contributed by atoms with Gasteiger partial charge in [0.1, 0.15) is 5.41 Å². The van der Waals surface area contributed by atoms with Crippen LogP contribution < -0.4 is 20.1 Å². The molecular weight excluding hydrogens is 344 g/mol. The topological polar surface area (TPSA) is 76.7 Å². The van der Waals surface area contributed by atoms with E-state index >= 15 is 0 Å². The van der Waals surface area contributed by atoms with Gasteiger partial charge in [-0.2, -0.15) is 0 Å². The van der Waals surface area contributed by atoms with E-state index in [1.54, 1.807) is 32.0 Å². The summed E-state index contributed by atoms with van der Waals surface area (Å²) in [7, 11) is 3.06. The lowest BCUT2D eigenvalue weighted by Crippen LogP contribution is -2.41. The van der Waals surface area contributed by atoms with Gasteiger partial charge < -0.3 is 20.1 Å². The van der Waals surface area contributed by atoms with Crippen molar-refractivity contribution in [2.75, 3.05) is 24.9 Å². The van der Waals surface area contributed by atoms with E-state index in [0.717, 1.165) is 17.7 Å². The van der Waals surface area contributed by atoms with E-state index in [9.17, 15) is 9.59 Å². The third kappa shape index (κ3) is 4.58. The van der Waals surface area contributed by atoms with Crippen molar-refractivity contribution in [3.8, 4) is 11.5 Å². The number of rotatable bonds is 7. The summed E-state index contributed by atoms with van der Waals surface area (Å²) in [5.41, 5.74) is 0.986. The third-order valence-electron chi connectivity index (χ3n) is 4.42. The minimum Gasteiger partial charge on any atom is -0.493 e. The van der Waals surface area contributed by atoms with Crippen LogP contribution in [0.1, 0.15) is 26.3 Å². The standard InChI is InChI=1S/C21H26N2O4/c1-6-14-9-7-8-10-16(14)23-20(25)21(2,3)19(24)22-15-11-12-17(26-4)18(13-15)27-5/h7-13H,6H2,1-5H3,(H,22,24)(H,23,25). The van der Waals surface area contributed by atoms with E-state index < -0.39 is 11.3 Å². The molecule has 27 heavy (non-hydrogen) atoms. The van der Waals surface area contributed by atoms with Crippen LogP contribution in [0.5, 0.6) is 11.5 Å². The van der Waals surface area contributed by atoms with Crippen LogP contribution in [0.25, 0.3) is 0 Å². The number of anilines is 2. The van der Waals surface area contributed by atoms with Crippen LogP contribution in [-0.4, -0.2) is 26.0 Å². The Bertz CT molecular complexity index is 831. The van der Waals surface area contributed by atoms with Crippen molar-refractivity contribution in [2.24, 2.45) is 5.41 Å². The van der Waals surface area contributed by atoms with Crippen LogP contribution in [0.2, 0.25) is 0 Å². The van der Waals surface area contributed by atoms with Crippen molar-refractivity contribution in [1.29, 1.82) is 0 Å². The van der Waals surface area contributed by atoms with Gasteiger partial charge in [0.15, 0.2) is 11.5 Å². The highest BCUT2D eigenvalue weighted by atomic mass is 16.5. The Hall–Kier alpha value is -3.02. The van der Waals surface area contributed by atoms with Crippen LogP contribution in [0.15, 0.2) is 42.5 Å². The molecule has 0 aliphatic heterocycles. The number of carbonyl (C=O) groups is 2. The molecule has 0 bridgehead atoms. The molecule has 0 saturated heterocycles. The maximum absolute atomic E-state index is 12.7. The molecule has 0 atom stereocenters. The summed E-state index contributed by atoms with van der Waals surface area (Å²) in [6.45, 7) is 5.19. The Kier molecular flexibility index (Phi) is 6.45. The summed E-state index contributed by atoms with van der Waals surface area (Å²) in [6, 6.07) is 12.6. The van der Waals surface area contributed by atoms with Gasteiger partial charge in [-0.15, -0.1) is 0 Å². The smallest absolute Gasteiger partial charge is 0.239 e. The molecule has 2 rings (SSSR count). The molecule has 2 amide bonds. The van der Waals surface area contributed by atoms with Gasteiger partial charge in [-0.25, -0.2) is 0 Å². The third-order valence-corrected chi connectivity index (χ3v) is 4.42. The summed E-state index contributed by atoms with van der Waals surface area (Å²) in [5, 5.41) is 5.63. The van der Waals surface area contributed by atoms with Crippen LogP contribution >= 0.6 is 0 Å². The summed E-state index contributed by atoms with van der Waals surface area (Å²) in [4.78, 5) is 25.5. The number of para-hydroxylation sites is 1. The van der Waals surface area contributed by atoms with Gasteiger partial charge in [0.05, 0.1) is 14.2 Å². The first kappa shape index (κ1) is 20.3. The molecule has 0 saturated carbocycles. The predicted octanol–water partition coefficient (Wildman–Crippen LogP) is 3.87. The average Bonchev–Trinajstić information content (AvgIpc) is 2.68. The molecule has 6 heteroatoms. The van der Waals surface area contributed by atoms with Gasteiger partial charge in [-0.1, -0.05) is 25.1 Å². The fourth-order valence-corrected chi connectivity index (χ4v) is 2.53. The molecule has 0 spiro atoms. The van der Waals surface area contributed by atoms with Gasteiger partial charge in [0.2, 0.25) is 11.8 Å². The number of nitrogens with one attached hydrogen (secondary N) is 2. The predicted molar refractivity (Wildman–Crippen MR) is 106 cm³/mol.